The normalized spacial score (nSPS) is 20.9. The molecule has 0 unspecified atom stereocenters. The van der Waals surface area contributed by atoms with Crippen molar-refractivity contribution in [3.63, 3.8) is 0 Å². The van der Waals surface area contributed by atoms with E-state index in [1.165, 1.54) is 11.1 Å². The lowest BCUT2D eigenvalue weighted by Crippen LogP contribution is -2.23. The number of hydrogen-bond donors (Lipinski definition) is 1. The molecule has 1 aromatic rings. The molecule has 0 spiro atoms. The van der Waals surface area contributed by atoms with Crippen molar-refractivity contribution in [2.45, 2.75) is 32.3 Å². The lowest BCUT2D eigenvalue weighted by atomic mass is 9.75. The summed E-state index contributed by atoms with van der Waals surface area (Å²) in [6.45, 7) is 3.91. The minimum Gasteiger partial charge on any atom is -0.393 e. The first kappa shape index (κ1) is 11.1. The molecule has 0 bridgehead atoms. The maximum absolute atomic E-state index is 9.04. The molecular formula is C13H17NO2. The molecule has 0 saturated carbocycles. The fraction of sp³-hybridized carbons (Fsp3) is 0.462. The van der Waals surface area contributed by atoms with E-state index in [-0.39, 0.29) is 6.61 Å². The SMILES string of the molecule is C/C(=N/OC[C@H](C)O)[C@@H]1Cc2ccccc21. The zero-order chi connectivity index (χ0) is 11.5. The van der Waals surface area contributed by atoms with Crippen molar-refractivity contribution in [3.8, 4) is 0 Å². The highest BCUT2D eigenvalue weighted by atomic mass is 16.6. The lowest BCUT2D eigenvalue weighted by molar-refractivity contribution is 0.0494. The number of aliphatic hydroxyl groups excluding tert-OH is 1. The van der Waals surface area contributed by atoms with Gasteiger partial charge in [-0.25, -0.2) is 0 Å². The number of nitrogens with zero attached hydrogens (tertiary/aromatic N) is 1. The first-order chi connectivity index (χ1) is 7.68. The molecule has 1 N–H and O–H groups in total. The van der Waals surface area contributed by atoms with Gasteiger partial charge in [0.1, 0.15) is 6.61 Å². The summed E-state index contributed by atoms with van der Waals surface area (Å²) in [6.07, 6.45) is 0.578. The summed E-state index contributed by atoms with van der Waals surface area (Å²) in [5.74, 6) is 0.394. The van der Waals surface area contributed by atoms with Crippen LogP contribution in [0.4, 0.5) is 0 Å². The van der Waals surface area contributed by atoms with Crippen LogP contribution >= 0.6 is 0 Å². The average molecular weight is 219 g/mol. The van der Waals surface area contributed by atoms with Crippen LogP contribution in [-0.4, -0.2) is 23.5 Å². The number of benzene rings is 1. The second-order valence-corrected chi connectivity index (χ2v) is 4.33. The number of aliphatic hydroxyl groups is 1. The Kier molecular flexibility index (Phi) is 3.25. The summed E-state index contributed by atoms with van der Waals surface area (Å²) >= 11 is 0. The van der Waals surface area contributed by atoms with Gasteiger partial charge in [-0.05, 0) is 31.4 Å². The van der Waals surface area contributed by atoms with Crippen LogP contribution in [0, 0.1) is 0 Å². The van der Waals surface area contributed by atoms with E-state index in [0.29, 0.717) is 5.92 Å². The predicted molar refractivity (Wildman–Crippen MR) is 63.6 cm³/mol. The summed E-state index contributed by atoms with van der Waals surface area (Å²) in [5, 5.41) is 13.1. The molecule has 0 saturated heterocycles. The third kappa shape index (κ3) is 2.25. The van der Waals surface area contributed by atoms with Gasteiger partial charge in [-0.2, -0.15) is 0 Å². The molecule has 0 aromatic heterocycles. The molecule has 16 heavy (non-hydrogen) atoms. The quantitative estimate of drug-likeness (QED) is 0.622. The van der Waals surface area contributed by atoms with E-state index >= 15 is 0 Å². The molecule has 0 fully saturated rings. The van der Waals surface area contributed by atoms with Gasteiger partial charge in [-0.15, -0.1) is 0 Å². The largest absolute Gasteiger partial charge is 0.393 e. The minimum absolute atomic E-state index is 0.256. The van der Waals surface area contributed by atoms with Crippen molar-refractivity contribution < 1.29 is 9.94 Å². The molecule has 0 amide bonds. The van der Waals surface area contributed by atoms with Gasteiger partial charge >= 0.3 is 0 Å². The zero-order valence-electron chi connectivity index (χ0n) is 9.68. The molecule has 2 atom stereocenters. The molecule has 1 aliphatic rings. The lowest BCUT2D eigenvalue weighted by Gasteiger charge is -2.29. The van der Waals surface area contributed by atoms with Crippen molar-refractivity contribution in [1.82, 2.24) is 0 Å². The molecule has 3 heteroatoms. The molecule has 1 aromatic carbocycles. The van der Waals surface area contributed by atoms with Crippen LogP contribution in [0.25, 0.3) is 0 Å². The van der Waals surface area contributed by atoms with Gasteiger partial charge in [0.05, 0.1) is 11.8 Å². The van der Waals surface area contributed by atoms with Crippen LogP contribution in [0.2, 0.25) is 0 Å². The second-order valence-electron chi connectivity index (χ2n) is 4.33. The van der Waals surface area contributed by atoms with Crippen LogP contribution in [0.1, 0.15) is 30.9 Å². The molecule has 0 heterocycles. The molecule has 86 valence electrons. The van der Waals surface area contributed by atoms with Crippen LogP contribution in [0.15, 0.2) is 29.4 Å². The van der Waals surface area contributed by atoms with E-state index in [1.54, 1.807) is 6.92 Å². The summed E-state index contributed by atoms with van der Waals surface area (Å²) < 4.78 is 0. The number of fused-ring (bicyclic) bond motifs is 1. The summed E-state index contributed by atoms with van der Waals surface area (Å²) in [6, 6.07) is 8.40. The van der Waals surface area contributed by atoms with Crippen molar-refractivity contribution in [1.29, 1.82) is 0 Å². The van der Waals surface area contributed by atoms with Crippen LogP contribution in [0.5, 0.6) is 0 Å². The standard InChI is InChI=1S/C13H17NO2/c1-9(15)8-16-14-10(2)13-7-11-5-3-4-6-12(11)13/h3-6,9,13,15H,7-8H2,1-2H3/b14-10-/t9-,13-/m0/s1. The van der Waals surface area contributed by atoms with Crippen LogP contribution in [-0.2, 0) is 11.3 Å². The Morgan fingerprint density at radius 1 is 1.56 bits per heavy atom. The van der Waals surface area contributed by atoms with Crippen molar-refractivity contribution in [3.05, 3.63) is 35.4 Å². The maximum atomic E-state index is 9.04. The third-order valence-corrected chi connectivity index (χ3v) is 2.88. The Hall–Kier alpha value is -1.35. The maximum Gasteiger partial charge on any atom is 0.142 e. The van der Waals surface area contributed by atoms with Gasteiger partial charge in [0.15, 0.2) is 0 Å². The van der Waals surface area contributed by atoms with Crippen LogP contribution in [0.3, 0.4) is 0 Å². The zero-order valence-corrected chi connectivity index (χ0v) is 9.68. The highest BCUT2D eigenvalue weighted by Crippen LogP contribution is 2.35. The third-order valence-electron chi connectivity index (χ3n) is 2.88. The first-order valence-corrected chi connectivity index (χ1v) is 5.61. The number of oxime groups is 1. The van der Waals surface area contributed by atoms with E-state index in [1.807, 2.05) is 6.92 Å². The Bertz CT molecular complexity index is 399. The Balaban J connectivity index is 1.96. The Morgan fingerprint density at radius 3 is 3.00 bits per heavy atom. The van der Waals surface area contributed by atoms with E-state index in [9.17, 15) is 0 Å². The van der Waals surface area contributed by atoms with E-state index in [2.05, 4.69) is 29.4 Å². The fourth-order valence-electron chi connectivity index (χ4n) is 1.94. The highest BCUT2D eigenvalue weighted by Gasteiger charge is 2.27. The molecule has 3 nitrogen and oxygen atoms in total. The van der Waals surface area contributed by atoms with Crippen LogP contribution < -0.4 is 0 Å². The Morgan fingerprint density at radius 2 is 2.31 bits per heavy atom. The van der Waals surface area contributed by atoms with Gasteiger partial charge in [0, 0.05) is 5.92 Å². The second kappa shape index (κ2) is 4.66. The molecule has 2 rings (SSSR count). The van der Waals surface area contributed by atoms with Gasteiger partial charge < -0.3 is 9.94 Å². The topological polar surface area (TPSA) is 41.8 Å². The van der Waals surface area contributed by atoms with Crippen molar-refractivity contribution >= 4 is 5.71 Å². The highest BCUT2D eigenvalue weighted by molar-refractivity contribution is 5.91. The Labute approximate surface area is 95.7 Å². The van der Waals surface area contributed by atoms with Gasteiger partial charge in [-0.1, -0.05) is 29.4 Å². The fourth-order valence-corrected chi connectivity index (χ4v) is 1.94. The summed E-state index contributed by atoms with van der Waals surface area (Å²) in [4.78, 5) is 5.07. The van der Waals surface area contributed by atoms with Crippen molar-refractivity contribution in [2.24, 2.45) is 5.16 Å². The monoisotopic (exact) mass is 219 g/mol. The minimum atomic E-state index is -0.467. The molecular weight excluding hydrogens is 202 g/mol. The van der Waals surface area contributed by atoms with E-state index in [4.69, 9.17) is 9.94 Å². The summed E-state index contributed by atoms with van der Waals surface area (Å²) in [5.41, 5.74) is 3.74. The molecule has 0 radical (unpaired) electrons. The molecule has 0 aliphatic heterocycles. The smallest absolute Gasteiger partial charge is 0.142 e. The predicted octanol–water partition coefficient (Wildman–Crippen LogP) is 2.10. The van der Waals surface area contributed by atoms with E-state index < -0.39 is 6.10 Å². The average Bonchev–Trinajstić information content (AvgIpc) is 2.19. The number of rotatable bonds is 4. The first-order valence-electron chi connectivity index (χ1n) is 5.61. The van der Waals surface area contributed by atoms with E-state index in [0.717, 1.165) is 12.1 Å². The van der Waals surface area contributed by atoms with Gasteiger partial charge in [-0.3, -0.25) is 0 Å². The number of hydrogen-bond acceptors (Lipinski definition) is 3. The summed E-state index contributed by atoms with van der Waals surface area (Å²) in [7, 11) is 0. The molecule has 1 aliphatic carbocycles. The van der Waals surface area contributed by atoms with Gasteiger partial charge in [0.25, 0.3) is 0 Å². The van der Waals surface area contributed by atoms with Gasteiger partial charge in [0.2, 0.25) is 0 Å². The van der Waals surface area contributed by atoms with Crippen molar-refractivity contribution in [2.75, 3.05) is 6.61 Å².